The Labute approximate surface area is 135 Å². The molecule has 4 heteroatoms. The number of ketones is 1. The number of aliphatic hydroxyl groups is 1. The van der Waals surface area contributed by atoms with Crippen molar-refractivity contribution in [1.82, 2.24) is 0 Å². The molecule has 0 amide bonds. The van der Waals surface area contributed by atoms with Crippen LogP contribution in [0, 0.1) is 0 Å². The van der Waals surface area contributed by atoms with Crippen LogP contribution in [-0.2, 0) is 4.79 Å². The van der Waals surface area contributed by atoms with E-state index in [0.717, 1.165) is 11.3 Å². The third kappa shape index (κ3) is 4.74. The van der Waals surface area contributed by atoms with Gasteiger partial charge in [0.1, 0.15) is 17.3 Å². The first-order chi connectivity index (χ1) is 11.1. The monoisotopic (exact) mass is 310 g/mol. The summed E-state index contributed by atoms with van der Waals surface area (Å²) in [6.45, 7) is 0. The van der Waals surface area contributed by atoms with Crippen molar-refractivity contribution in [2.45, 2.75) is 0 Å². The van der Waals surface area contributed by atoms with Crippen LogP contribution in [0.25, 0.3) is 11.8 Å². The van der Waals surface area contributed by atoms with Crippen molar-refractivity contribution in [3.63, 3.8) is 0 Å². The lowest BCUT2D eigenvalue weighted by Crippen LogP contribution is -1.91. The van der Waals surface area contributed by atoms with Crippen molar-refractivity contribution in [2.24, 2.45) is 0 Å². The molecule has 0 saturated carbocycles. The number of hydrogen-bond acceptors (Lipinski definition) is 4. The average Bonchev–Trinajstić information content (AvgIpc) is 2.60. The van der Waals surface area contributed by atoms with Crippen molar-refractivity contribution in [3.05, 3.63) is 71.8 Å². The fraction of sp³-hybridized carbons (Fsp3) is 0.105. The van der Waals surface area contributed by atoms with Crippen LogP contribution in [0.3, 0.4) is 0 Å². The van der Waals surface area contributed by atoms with Crippen LogP contribution in [0.2, 0.25) is 0 Å². The Morgan fingerprint density at radius 1 is 0.913 bits per heavy atom. The number of carbonyl (C=O) groups is 1. The topological polar surface area (TPSA) is 55.8 Å². The minimum absolute atomic E-state index is 0.0861. The molecule has 0 unspecified atom stereocenters. The molecule has 0 aromatic heterocycles. The highest BCUT2D eigenvalue weighted by molar-refractivity contribution is 6.05. The van der Waals surface area contributed by atoms with Gasteiger partial charge >= 0.3 is 0 Å². The Balaban J connectivity index is 2.04. The van der Waals surface area contributed by atoms with Gasteiger partial charge in [-0.15, -0.1) is 0 Å². The normalized spacial score (nSPS) is 11.5. The molecule has 0 bridgehead atoms. The Bertz CT molecular complexity index is 710. The van der Waals surface area contributed by atoms with E-state index in [4.69, 9.17) is 9.47 Å². The number of benzene rings is 2. The van der Waals surface area contributed by atoms with Gasteiger partial charge in [0.2, 0.25) is 0 Å². The van der Waals surface area contributed by atoms with E-state index in [9.17, 15) is 9.90 Å². The molecule has 1 N–H and O–H groups in total. The van der Waals surface area contributed by atoms with Crippen LogP contribution in [-0.4, -0.2) is 25.1 Å². The zero-order chi connectivity index (χ0) is 16.7. The molecular formula is C19H18O4. The molecule has 0 radical (unpaired) electrons. The fourth-order valence-corrected chi connectivity index (χ4v) is 1.92. The highest BCUT2D eigenvalue weighted by Crippen LogP contribution is 2.17. The zero-order valence-electron chi connectivity index (χ0n) is 13.0. The zero-order valence-corrected chi connectivity index (χ0v) is 13.0. The number of hydrogen-bond donors (Lipinski definition) is 1. The maximum atomic E-state index is 11.9. The van der Waals surface area contributed by atoms with Gasteiger partial charge in [-0.3, -0.25) is 4.79 Å². The SMILES string of the molecule is COc1ccc(C=CC(=O)C=C(O)c2ccc(OC)cc2)cc1. The molecule has 4 nitrogen and oxygen atoms in total. The molecule has 0 aliphatic heterocycles. The van der Waals surface area contributed by atoms with Crippen molar-refractivity contribution >= 4 is 17.6 Å². The number of aliphatic hydroxyl groups excluding tert-OH is 1. The Kier molecular flexibility index (Phi) is 5.58. The van der Waals surface area contributed by atoms with E-state index in [0.29, 0.717) is 11.3 Å². The second-order valence-corrected chi connectivity index (χ2v) is 4.77. The summed E-state index contributed by atoms with van der Waals surface area (Å²) in [6, 6.07) is 14.1. The molecule has 0 heterocycles. The van der Waals surface area contributed by atoms with Crippen LogP contribution in [0.5, 0.6) is 11.5 Å². The van der Waals surface area contributed by atoms with E-state index in [-0.39, 0.29) is 11.5 Å². The van der Waals surface area contributed by atoms with E-state index in [1.54, 1.807) is 44.6 Å². The summed E-state index contributed by atoms with van der Waals surface area (Å²) < 4.78 is 10.1. The van der Waals surface area contributed by atoms with Gasteiger partial charge in [-0.2, -0.15) is 0 Å². The third-order valence-corrected chi connectivity index (χ3v) is 3.22. The van der Waals surface area contributed by atoms with Gasteiger partial charge in [-0.25, -0.2) is 0 Å². The predicted octanol–water partition coefficient (Wildman–Crippen LogP) is 3.89. The summed E-state index contributed by atoms with van der Waals surface area (Å²) in [5, 5.41) is 9.97. The van der Waals surface area contributed by atoms with Gasteiger partial charge in [0, 0.05) is 11.6 Å². The van der Waals surface area contributed by atoms with Gasteiger partial charge in [0.15, 0.2) is 5.78 Å². The molecule has 0 fully saturated rings. The van der Waals surface area contributed by atoms with Crippen molar-refractivity contribution in [3.8, 4) is 11.5 Å². The van der Waals surface area contributed by atoms with Crippen LogP contribution in [0.1, 0.15) is 11.1 Å². The summed E-state index contributed by atoms with van der Waals surface area (Å²) in [7, 11) is 3.17. The summed E-state index contributed by atoms with van der Waals surface area (Å²) in [5.74, 6) is 1.06. The van der Waals surface area contributed by atoms with Gasteiger partial charge < -0.3 is 14.6 Å². The minimum Gasteiger partial charge on any atom is -0.507 e. The summed E-state index contributed by atoms with van der Waals surface area (Å²) in [4.78, 5) is 11.9. The molecule has 0 saturated heterocycles. The Morgan fingerprint density at radius 2 is 1.43 bits per heavy atom. The second-order valence-electron chi connectivity index (χ2n) is 4.77. The first-order valence-corrected chi connectivity index (χ1v) is 7.03. The first kappa shape index (κ1) is 16.4. The number of rotatable bonds is 6. The number of allylic oxidation sites excluding steroid dienone is 2. The molecule has 118 valence electrons. The predicted molar refractivity (Wildman–Crippen MR) is 90.6 cm³/mol. The standard InChI is InChI=1S/C19H18O4/c1-22-17-9-4-14(5-10-17)3-8-16(20)13-19(21)15-6-11-18(23-2)12-7-15/h3-13,21H,1-2H3. The van der Waals surface area contributed by atoms with Gasteiger partial charge in [0.25, 0.3) is 0 Å². The average molecular weight is 310 g/mol. The van der Waals surface area contributed by atoms with E-state index in [1.165, 1.54) is 12.2 Å². The smallest absolute Gasteiger partial charge is 0.182 e. The third-order valence-electron chi connectivity index (χ3n) is 3.22. The van der Waals surface area contributed by atoms with E-state index in [2.05, 4.69) is 0 Å². The van der Waals surface area contributed by atoms with Gasteiger partial charge in [-0.05, 0) is 48.0 Å². The largest absolute Gasteiger partial charge is 0.507 e. The van der Waals surface area contributed by atoms with Gasteiger partial charge in [-0.1, -0.05) is 18.2 Å². The quantitative estimate of drug-likeness (QED) is 0.650. The Hall–Kier alpha value is -3.01. The summed E-state index contributed by atoms with van der Waals surface area (Å²) >= 11 is 0. The van der Waals surface area contributed by atoms with Crippen molar-refractivity contribution < 1.29 is 19.4 Å². The molecular weight excluding hydrogens is 292 g/mol. The van der Waals surface area contributed by atoms with Gasteiger partial charge in [0.05, 0.1) is 14.2 Å². The molecule has 0 atom stereocenters. The number of ether oxygens (including phenoxy) is 2. The molecule has 2 rings (SSSR count). The maximum Gasteiger partial charge on any atom is 0.182 e. The Morgan fingerprint density at radius 3 is 1.96 bits per heavy atom. The van der Waals surface area contributed by atoms with Crippen molar-refractivity contribution in [1.29, 1.82) is 0 Å². The van der Waals surface area contributed by atoms with Crippen LogP contribution >= 0.6 is 0 Å². The number of methoxy groups -OCH3 is 2. The molecule has 23 heavy (non-hydrogen) atoms. The highest BCUT2D eigenvalue weighted by Gasteiger charge is 2.02. The molecule has 0 aliphatic carbocycles. The first-order valence-electron chi connectivity index (χ1n) is 7.03. The molecule has 0 aliphatic rings. The summed E-state index contributed by atoms with van der Waals surface area (Å²) in [6.07, 6.45) is 4.27. The lowest BCUT2D eigenvalue weighted by Gasteiger charge is -2.02. The van der Waals surface area contributed by atoms with Crippen LogP contribution in [0.15, 0.2) is 60.7 Å². The molecule has 2 aromatic rings. The maximum absolute atomic E-state index is 11.9. The number of carbonyl (C=O) groups excluding carboxylic acids is 1. The van der Waals surface area contributed by atoms with Crippen LogP contribution < -0.4 is 9.47 Å². The highest BCUT2D eigenvalue weighted by atomic mass is 16.5. The summed E-state index contributed by atoms with van der Waals surface area (Å²) in [5.41, 5.74) is 1.42. The van der Waals surface area contributed by atoms with Crippen LogP contribution in [0.4, 0.5) is 0 Å². The van der Waals surface area contributed by atoms with E-state index in [1.807, 2.05) is 24.3 Å². The van der Waals surface area contributed by atoms with E-state index < -0.39 is 0 Å². The van der Waals surface area contributed by atoms with Crippen molar-refractivity contribution in [2.75, 3.05) is 14.2 Å². The lowest BCUT2D eigenvalue weighted by atomic mass is 10.1. The van der Waals surface area contributed by atoms with E-state index >= 15 is 0 Å². The molecule has 2 aromatic carbocycles. The fourth-order valence-electron chi connectivity index (χ4n) is 1.92. The minimum atomic E-state index is -0.297. The lowest BCUT2D eigenvalue weighted by molar-refractivity contribution is -0.110. The molecule has 0 spiro atoms. The second kappa shape index (κ2) is 7.84.